The van der Waals surface area contributed by atoms with E-state index < -0.39 is 22.7 Å². The lowest BCUT2D eigenvalue weighted by Gasteiger charge is -2.31. The van der Waals surface area contributed by atoms with Gasteiger partial charge in [0, 0.05) is 43.9 Å². The van der Waals surface area contributed by atoms with Crippen molar-refractivity contribution < 1.29 is 29.1 Å². The number of aliphatic hydroxyl groups excluding tert-OH is 1. The molecule has 2 aliphatic rings. The van der Waals surface area contributed by atoms with Crippen molar-refractivity contribution in [2.75, 3.05) is 46.5 Å². The third-order valence-electron chi connectivity index (χ3n) is 6.15. The summed E-state index contributed by atoms with van der Waals surface area (Å²) < 4.78 is 10.5. The molecule has 11 heteroatoms. The Kier molecular flexibility index (Phi) is 7.34. The molecule has 184 valence electrons. The number of morpholine rings is 1. The van der Waals surface area contributed by atoms with E-state index >= 15 is 0 Å². The number of ketones is 1. The molecule has 0 aromatic heterocycles. The maximum Gasteiger partial charge on any atom is 0.295 e. The van der Waals surface area contributed by atoms with E-state index in [0.717, 1.165) is 0 Å². The van der Waals surface area contributed by atoms with Gasteiger partial charge in [0.1, 0.15) is 11.5 Å². The second-order valence-electron chi connectivity index (χ2n) is 8.14. The lowest BCUT2D eigenvalue weighted by molar-refractivity contribution is -0.384. The number of hydrogen-bond acceptors (Lipinski definition) is 8. The molecule has 2 heterocycles. The van der Waals surface area contributed by atoms with Crippen LogP contribution in [0, 0.1) is 10.1 Å². The van der Waals surface area contributed by atoms with Crippen LogP contribution < -0.4 is 4.74 Å². The molecule has 0 spiro atoms. The number of nitro groups is 1. The van der Waals surface area contributed by atoms with E-state index in [-0.39, 0.29) is 34.2 Å². The van der Waals surface area contributed by atoms with Gasteiger partial charge in [-0.15, -0.1) is 0 Å². The zero-order valence-electron chi connectivity index (χ0n) is 19.0. The Morgan fingerprint density at radius 3 is 2.46 bits per heavy atom. The monoisotopic (exact) mass is 501 g/mol. The molecule has 0 saturated carbocycles. The minimum Gasteiger partial charge on any atom is -0.507 e. The molecule has 0 aliphatic carbocycles. The molecule has 1 amide bonds. The number of methoxy groups -OCH3 is 1. The third kappa shape index (κ3) is 5.00. The Bertz CT molecular complexity index is 1180. The molecular weight excluding hydrogens is 478 g/mol. The van der Waals surface area contributed by atoms with Crippen LogP contribution in [0.1, 0.15) is 17.2 Å². The van der Waals surface area contributed by atoms with Crippen LogP contribution in [0.5, 0.6) is 5.75 Å². The molecule has 1 N–H and O–H groups in total. The number of nitrogens with zero attached hydrogens (tertiary/aromatic N) is 3. The lowest BCUT2D eigenvalue weighted by atomic mass is 9.95. The fraction of sp³-hybridized carbons (Fsp3) is 0.333. The second-order valence-corrected chi connectivity index (χ2v) is 8.55. The predicted molar refractivity (Wildman–Crippen MR) is 127 cm³/mol. The van der Waals surface area contributed by atoms with Crippen LogP contribution in [0.2, 0.25) is 5.02 Å². The number of Topliss-reactive ketones (excluding diaryl/α,β-unsaturated/α-hetero) is 1. The first kappa shape index (κ1) is 24.6. The van der Waals surface area contributed by atoms with Crippen molar-refractivity contribution in [1.82, 2.24) is 9.80 Å². The van der Waals surface area contributed by atoms with Crippen LogP contribution in [0.3, 0.4) is 0 Å². The second kappa shape index (κ2) is 10.4. The van der Waals surface area contributed by atoms with E-state index in [0.29, 0.717) is 44.2 Å². The maximum atomic E-state index is 13.1. The molecular formula is C24H24ClN3O7. The standard InChI is InChI=1S/C24H24ClN3O7/c1-34-19-7-4-16(14-18(19)25)22(29)20-21(15-2-5-17(6-3-15)28(32)33)27(24(31)23(20)30)9-8-26-10-12-35-13-11-26/h2-7,14,21,29H,8-13H2,1H3/b22-20+/t21-/m0/s1. The summed E-state index contributed by atoms with van der Waals surface area (Å²) in [6.07, 6.45) is 0. The molecule has 0 bridgehead atoms. The number of non-ortho nitro benzene ring substituents is 1. The Balaban J connectivity index is 1.76. The van der Waals surface area contributed by atoms with E-state index in [9.17, 15) is 24.8 Å². The third-order valence-corrected chi connectivity index (χ3v) is 6.44. The van der Waals surface area contributed by atoms with Gasteiger partial charge in [-0.3, -0.25) is 24.6 Å². The first-order valence-electron chi connectivity index (χ1n) is 11.0. The van der Waals surface area contributed by atoms with E-state index in [1.807, 2.05) is 0 Å². The van der Waals surface area contributed by atoms with Gasteiger partial charge in [-0.05, 0) is 35.9 Å². The quantitative estimate of drug-likeness (QED) is 0.202. The van der Waals surface area contributed by atoms with E-state index in [2.05, 4.69) is 4.90 Å². The molecule has 4 rings (SSSR count). The molecule has 0 radical (unpaired) electrons. The van der Waals surface area contributed by atoms with Gasteiger partial charge in [-0.1, -0.05) is 11.6 Å². The summed E-state index contributed by atoms with van der Waals surface area (Å²) in [5.74, 6) is -1.58. The molecule has 2 aromatic rings. The molecule has 2 aromatic carbocycles. The number of rotatable bonds is 7. The summed E-state index contributed by atoms with van der Waals surface area (Å²) in [6, 6.07) is 9.21. The first-order valence-corrected chi connectivity index (χ1v) is 11.4. The van der Waals surface area contributed by atoms with Crippen molar-refractivity contribution in [3.8, 4) is 5.75 Å². The minimum absolute atomic E-state index is 0.105. The van der Waals surface area contributed by atoms with Crippen molar-refractivity contribution in [1.29, 1.82) is 0 Å². The molecule has 2 saturated heterocycles. The summed E-state index contributed by atoms with van der Waals surface area (Å²) in [5.41, 5.74) is 0.486. The van der Waals surface area contributed by atoms with Gasteiger partial charge in [-0.2, -0.15) is 0 Å². The Morgan fingerprint density at radius 1 is 1.17 bits per heavy atom. The zero-order valence-corrected chi connectivity index (χ0v) is 19.7. The van der Waals surface area contributed by atoms with Crippen molar-refractivity contribution in [3.05, 3.63) is 74.3 Å². The van der Waals surface area contributed by atoms with Crippen molar-refractivity contribution in [2.45, 2.75) is 6.04 Å². The summed E-state index contributed by atoms with van der Waals surface area (Å²) in [6.45, 7) is 3.32. The summed E-state index contributed by atoms with van der Waals surface area (Å²) in [7, 11) is 1.45. The Labute approximate surface area is 206 Å². The lowest BCUT2D eigenvalue weighted by Crippen LogP contribution is -2.42. The van der Waals surface area contributed by atoms with E-state index in [1.165, 1.54) is 48.4 Å². The minimum atomic E-state index is -0.919. The molecule has 0 unspecified atom stereocenters. The maximum absolute atomic E-state index is 13.1. The van der Waals surface area contributed by atoms with Crippen molar-refractivity contribution in [3.63, 3.8) is 0 Å². The first-order chi connectivity index (χ1) is 16.8. The number of nitro benzene ring substituents is 1. The number of amides is 1. The number of hydrogen-bond donors (Lipinski definition) is 1. The highest BCUT2D eigenvalue weighted by Crippen LogP contribution is 2.40. The average Bonchev–Trinajstić information content (AvgIpc) is 3.12. The average molecular weight is 502 g/mol. The van der Waals surface area contributed by atoms with Gasteiger partial charge >= 0.3 is 0 Å². The van der Waals surface area contributed by atoms with Crippen molar-refractivity contribution >= 4 is 34.7 Å². The van der Waals surface area contributed by atoms with Gasteiger partial charge in [-0.25, -0.2) is 0 Å². The fourth-order valence-electron chi connectivity index (χ4n) is 4.28. The molecule has 35 heavy (non-hydrogen) atoms. The molecule has 2 fully saturated rings. The number of aliphatic hydroxyl groups is 1. The highest BCUT2D eigenvalue weighted by Gasteiger charge is 2.46. The summed E-state index contributed by atoms with van der Waals surface area (Å²) in [5, 5.41) is 22.5. The Morgan fingerprint density at radius 2 is 1.86 bits per heavy atom. The van der Waals surface area contributed by atoms with Gasteiger partial charge in [0.2, 0.25) is 0 Å². The van der Waals surface area contributed by atoms with Crippen molar-refractivity contribution in [2.24, 2.45) is 0 Å². The van der Waals surface area contributed by atoms with Gasteiger partial charge < -0.3 is 19.5 Å². The van der Waals surface area contributed by atoms with Gasteiger partial charge in [0.25, 0.3) is 17.4 Å². The van der Waals surface area contributed by atoms with E-state index in [1.54, 1.807) is 6.07 Å². The van der Waals surface area contributed by atoms with Crippen LogP contribution >= 0.6 is 11.6 Å². The zero-order chi connectivity index (χ0) is 25.1. The molecule has 2 aliphatic heterocycles. The van der Waals surface area contributed by atoms with Crippen LogP contribution in [0.15, 0.2) is 48.0 Å². The van der Waals surface area contributed by atoms with Gasteiger partial charge in [0.15, 0.2) is 0 Å². The smallest absolute Gasteiger partial charge is 0.295 e. The highest BCUT2D eigenvalue weighted by atomic mass is 35.5. The summed E-state index contributed by atoms with van der Waals surface area (Å²) >= 11 is 6.21. The highest BCUT2D eigenvalue weighted by molar-refractivity contribution is 6.46. The number of halogens is 1. The largest absolute Gasteiger partial charge is 0.507 e. The Hall–Kier alpha value is -3.47. The number of ether oxygens (including phenoxy) is 2. The number of likely N-dealkylation sites (tertiary alicyclic amines) is 1. The van der Waals surface area contributed by atoms with Crippen LogP contribution in [0.4, 0.5) is 5.69 Å². The predicted octanol–water partition coefficient (Wildman–Crippen LogP) is 3.01. The van der Waals surface area contributed by atoms with E-state index in [4.69, 9.17) is 21.1 Å². The van der Waals surface area contributed by atoms with Gasteiger partial charge in [0.05, 0.1) is 41.9 Å². The SMILES string of the molecule is COc1ccc(/C(O)=C2\C(=O)C(=O)N(CCN3CCOCC3)[C@H]2c2ccc([N+](=O)[O-])cc2)cc1Cl. The van der Waals surface area contributed by atoms with Crippen LogP contribution in [0.25, 0.3) is 5.76 Å². The fourth-order valence-corrected chi connectivity index (χ4v) is 4.54. The summed E-state index contributed by atoms with van der Waals surface area (Å²) in [4.78, 5) is 40.3. The topological polar surface area (TPSA) is 122 Å². The normalized spacial score (nSPS) is 20.3. The molecule has 1 atom stereocenters. The number of carbonyl (C=O) groups is 2. The number of carbonyl (C=O) groups excluding carboxylic acids is 2. The van der Waals surface area contributed by atoms with Crippen LogP contribution in [-0.2, 0) is 14.3 Å². The molecule has 10 nitrogen and oxygen atoms in total. The van der Waals surface area contributed by atoms with Crippen LogP contribution in [-0.4, -0.2) is 78.0 Å². The number of benzene rings is 2.